The van der Waals surface area contributed by atoms with E-state index in [1.807, 2.05) is 6.07 Å². The topological polar surface area (TPSA) is 72.8 Å². The van der Waals surface area contributed by atoms with Gasteiger partial charge in [0.05, 0.1) is 5.41 Å². The molecule has 4 aliphatic carbocycles. The van der Waals surface area contributed by atoms with Gasteiger partial charge in [-0.2, -0.15) is 8.78 Å². The first kappa shape index (κ1) is 20.2. The molecule has 0 saturated heterocycles. The summed E-state index contributed by atoms with van der Waals surface area (Å²) in [5.74, 6) is -4.67. The summed E-state index contributed by atoms with van der Waals surface area (Å²) in [5.41, 5.74) is -1.86. The molecule has 0 aliphatic heterocycles. The predicted octanol–water partition coefficient (Wildman–Crippen LogP) is 4.99. The number of fused-ring (bicyclic) bond motifs is 1. The van der Waals surface area contributed by atoms with Crippen molar-refractivity contribution in [3.8, 4) is 11.5 Å². The molecular weight excluding hydrogens is 406 g/mol. The number of hydrogen-bond donors (Lipinski definition) is 1. The maximum Gasteiger partial charge on any atom is 0.377 e. The summed E-state index contributed by atoms with van der Waals surface area (Å²) in [5, 5.41) is 11.2. The van der Waals surface area contributed by atoms with Crippen LogP contribution in [0.25, 0.3) is 10.8 Å². The number of halogens is 2. The molecule has 7 heteroatoms. The van der Waals surface area contributed by atoms with Gasteiger partial charge in [0.2, 0.25) is 0 Å². The van der Waals surface area contributed by atoms with Crippen LogP contribution in [-0.4, -0.2) is 28.6 Å². The molecule has 0 aromatic heterocycles. The van der Waals surface area contributed by atoms with Crippen LogP contribution in [0.3, 0.4) is 0 Å². The minimum absolute atomic E-state index is 0.119. The lowest BCUT2D eigenvalue weighted by Gasteiger charge is -2.59. The number of alkyl halides is 2. The van der Waals surface area contributed by atoms with Crippen molar-refractivity contribution in [3.63, 3.8) is 0 Å². The van der Waals surface area contributed by atoms with Crippen molar-refractivity contribution in [1.82, 2.24) is 0 Å². The van der Waals surface area contributed by atoms with Crippen molar-refractivity contribution in [2.24, 2.45) is 17.3 Å². The molecule has 2 aromatic carbocycles. The second kappa shape index (κ2) is 6.65. The van der Waals surface area contributed by atoms with Gasteiger partial charge in [-0.05, 0) is 73.6 Å². The monoisotopic (exact) mass is 430 g/mol. The number of esters is 2. The number of carbonyl (C=O) groups excluding carboxylic acids is 2. The van der Waals surface area contributed by atoms with Gasteiger partial charge in [0.25, 0.3) is 0 Å². The molecule has 2 unspecified atom stereocenters. The molecule has 4 aliphatic rings. The third-order valence-electron chi connectivity index (χ3n) is 7.13. The Balaban J connectivity index is 1.44. The van der Waals surface area contributed by atoms with Crippen molar-refractivity contribution < 1.29 is 33.0 Å². The van der Waals surface area contributed by atoms with E-state index in [1.165, 1.54) is 6.07 Å². The van der Waals surface area contributed by atoms with Crippen LogP contribution in [0.2, 0.25) is 0 Å². The average molecular weight is 430 g/mol. The largest absolute Gasteiger partial charge is 0.508 e. The van der Waals surface area contributed by atoms with Gasteiger partial charge in [-0.3, -0.25) is 4.79 Å². The van der Waals surface area contributed by atoms with Gasteiger partial charge in [-0.25, -0.2) is 4.79 Å². The average Bonchev–Trinajstić information content (AvgIpc) is 2.65. The maximum atomic E-state index is 13.5. The van der Waals surface area contributed by atoms with Gasteiger partial charge < -0.3 is 14.6 Å². The van der Waals surface area contributed by atoms with E-state index in [0.717, 1.165) is 11.8 Å². The number of phenolic OH excluding ortho intramolecular Hbond substituents is 1. The minimum Gasteiger partial charge on any atom is -0.508 e. The fraction of sp³-hybridized carbons (Fsp3) is 0.500. The number of phenols is 1. The summed E-state index contributed by atoms with van der Waals surface area (Å²) in [6, 6.07) is 10.1. The number of rotatable bonds is 4. The van der Waals surface area contributed by atoms with Crippen molar-refractivity contribution in [2.45, 2.75) is 57.0 Å². The molecule has 0 heterocycles. The minimum atomic E-state index is -3.56. The van der Waals surface area contributed by atoms with Crippen LogP contribution in [-0.2, 0) is 14.3 Å². The highest BCUT2D eigenvalue weighted by molar-refractivity contribution is 5.92. The molecular formula is C24H24F2O5. The van der Waals surface area contributed by atoms with Crippen molar-refractivity contribution in [1.29, 1.82) is 0 Å². The van der Waals surface area contributed by atoms with E-state index in [4.69, 9.17) is 9.47 Å². The first-order chi connectivity index (χ1) is 14.6. The predicted molar refractivity (Wildman–Crippen MR) is 108 cm³/mol. The summed E-state index contributed by atoms with van der Waals surface area (Å²) in [4.78, 5) is 25.4. The lowest BCUT2D eigenvalue weighted by Crippen LogP contribution is -2.61. The molecule has 4 bridgehead atoms. The summed E-state index contributed by atoms with van der Waals surface area (Å²) in [6.45, 7) is 0.540. The highest BCUT2D eigenvalue weighted by atomic mass is 19.3. The zero-order chi connectivity index (χ0) is 22.0. The van der Waals surface area contributed by atoms with Crippen LogP contribution < -0.4 is 4.74 Å². The summed E-state index contributed by atoms with van der Waals surface area (Å²) in [6.07, 6.45) is 3.43. The van der Waals surface area contributed by atoms with E-state index >= 15 is 0 Å². The van der Waals surface area contributed by atoms with E-state index in [2.05, 4.69) is 0 Å². The second-order valence-electron chi connectivity index (χ2n) is 9.75. The molecule has 0 radical (unpaired) electrons. The molecule has 6 rings (SSSR count). The van der Waals surface area contributed by atoms with Crippen LogP contribution in [0, 0.1) is 17.3 Å². The van der Waals surface area contributed by atoms with E-state index < -0.39 is 28.9 Å². The lowest BCUT2D eigenvalue weighted by atomic mass is 9.48. The Hall–Kier alpha value is -2.70. The van der Waals surface area contributed by atoms with E-state index in [0.29, 0.717) is 43.7 Å². The Morgan fingerprint density at radius 3 is 2.48 bits per heavy atom. The van der Waals surface area contributed by atoms with Crippen LogP contribution in [0.5, 0.6) is 11.5 Å². The zero-order valence-corrected chi connectivity index (χ0v) is 17.2. The van der Waals surface area contributed by atoms with Gasteiger partial charge in [0.15, 0.2) is 0 Å². The number of aromatic hydroxyl groups is 1. The molecule has 4 fully saturated rings. The van der Waals surface area contributed by atoms with Gasteiger partial charge in [-0.1, -0.05) is 12.1 Å². The fourth-order valence-corrected chi connectivity index (χ4v) is 6.36. The highest BCUT2D eigenvalue weighted by Crippen LogP contribution is 2.63. The molecule has 2 aromatic rings. The number of carbonyl (C=O) groups is 2. The van der Waals surface area contributed by atoms with Crippen molar-refractivity contribution >= 4 is 22.7 Å². The third-order valence-corrected chi connectivity index (χ3v) is 7.13. The molecule has 1 N–H and O–H groups in total. The molecule has 2 atom stereocenters. The first-order valence-electron chi connectivity index (χ1n) is 10.6. The molecule has 0 amide bonds. The van der Waals surface area contributed by atoms with Crippen LogP contribution in [0.15, 0.2) is 36.4 Å². The van der Waals surface area contributed by atoms with E-state index in [-0.39, 0.29) is 24.0 Å². The Bertz CT molecular complexity index is 1060. The fourth-order valence-electron chi connectivity index (χ4n) is 6.36. The third kappa shape index (κ3) is 3.44. The highest BCUT2D eigenvalue weighted by Gasteiger charge is 2.63. The second-order valence-corrected chi connectivity index (χ2v) is 9.75. The molecule has 5 nitrogen and oxygen atoms in total. The maximum absolute atomic E-state index is 13.5. The van der Waals surface area contributed by atoms with Crippen LogP contribution in [0.4, 0.5) is 8.78 Å². The molecule has 164 valence electrons. The zero-order valence-electron chi connectivity index (χ0n) is 17.2. The van der Waals surface area contributed by atoms with Crippen molar-refractivity contribution in [3.05, 3.63) is 36.4 Å². The number of ether oxygens (including phenoxy) is 2. The SMILES string of the molecule is CC(F)(F)C(=O)OC12CC3CC(C1)CC(C(=O)Oc1cccc4cc(O)ccc14)(C3)C2. The Kier molecular flexibility index (Phi) is 4.33. The van der Waals surface area contributed by atoms with E-state index in [9.17, 15) is 23.5 Å². The normalized spacial score (nSPS) is 31.6. The Morgan fingerprint density at radius 1 is 1.10 bits per heavy atom. The van der Waals surface area contributed by atoms with Gasteiger partial charge in [0, 0.05) is 18.7 Å². The summed E-state index contributed by atoms with van der Waals surface area (Å²) in [7, 11) is 0. The molecule has 31 heavy (non-hydrogen) atoms. The standard InChI is InChI=1S/C24H24F2O5/c1-22(25,26)20(28)31-24-11-14-7-15(12-24)10-23(9-14,13-24)21(29)30-19-4-2-3-16-8-17(27)5-6-18(16)19/h2-6,8,14-15,27H,7,9-13H2,1H3. The summed E-state index contributed by atoms with van der Waals surface area (Å²) < 4.78 is 38.3. The smallest absolute Gasteiger partial charge is 0.377 e. The molecule has 0 spiro atoms. The van der Waals surface area contributed by atoms with Gasteiger partial charge in [0.1, 0.15) is 17.1 Å². The van der Waals surface area contributed by atoms with Gasteiger partial charge in [-0.15, -0.1) is 0 Å². The van der Waals surface area contributed by atoms with Crippen LogP contribution >= 0.6 is 0 Å². The Morgan fingerprint density at radius 2 is 1.81 bits per heavy atom. The molecule has 4 saturated carbocycles. The quantitative estimate of drug-likeness (QED) is 0.547. The van der Waals surface area contributed by atoms with Crippen molar-refractivity contribution in [2.75, 3.05) is 0 Å². The number of hydrogen-bond acceptors (Lipinski definition) is 5. The first-order valence-corrected chi connectivity index (χ1v) is 10.6. The van der Waals surface area contributed by atoms with Gasteiger partial charge >= 0.3 is 17.9 Å². The summed E-state index contributed by atoms with van der Waals surface area (Å²) >= 11 is 0. The van der Waals surface area contributed by atoms with Crippen LogP contribution in [0.1, 0.15) is 45.4 Å². The number of benzene rings is 2. The van der Waals surface area contributed by atoms with E-state index in [1.54, 1.807) is 24.3 Å². The lowest BCUT2D eigenvalue weighted by molar-refractivity contribution is -0.222. The Labute approximate surface area is 178 Å².